The van der Waals surface area contributed by atoms with Gasteiger partial charge in [0.1, 0.15) is 12.4 Å². The van der Waals surface area contributed by atoms with Gasteiger partial charge >= 0.3 is 5.97 Å². The third-order valence-corrected chi connectivity index (χ3v) is 4.17. The van der Waals surface area contributed by atoms with Crippen molar-refractivity contribution in [3.8, 4) is 0 Å². The van der Waals surface area contributed by atoms with E-state index in [0.29, 0.717) is 13.1 Å². The van der Waals surface area contributed by atoms with Gasteiger partial charge in [-0.3, -0.25) is 9.59 Å². The fraction of sp³-hybridized carbons (Fsp3) is 0.333. The van der Waals surface area contributed by atoms with E-state index in [1.165, 1.54) is 0 Å². The Kier molecular flexibility index (Phi) is 4.06. The summed E-state index contributed by atoms with van der Waals surface area (Å²) in [5.74, 6) is -0.0119. The van der Waals surface area contributed by atoms with Gasteiger partial charge in [-0.2, -0.15) is 11.3 Å². The number of likely N-dealkylation sites (tertiary alicyclic amines) is 1. The molecule has 2 aromatic rings. The van der Waals surface area contributed by atoms with Gasteiger partial charge in [0.2, 0.25) is 5.91 Å². The molecule has 1 fully saturated rings. The second-order valence-corrected chi connectivity index (χ2v) is 5.77. The van der Waals surface area contributed by atoms with Crippen LogP contribution in [0.15, 0.2) is 39.6 Å². The summed E-state index contributed by atoms with van der Waals surface area (Å²) in [6, 6.07) is 5.51. The van der Waals surface area contributed by atoms with Gasteiger partial charge in [-0.1, -0.05) is 0 Å². The Morgan fingerprint density at radius 3 is 3.10 bits per heavy atom. The van der Waals surface area contributed by atoms with Gasteiger partial charge in [-0.15, -0.1) is 0 Å². The Labute approximate surface area is 126 Å². The minimum atomic E-state index is -0.383. The summed E-state index contributed by atoms with van der Waals surface area (Å²) in [6.45, 7) is 1.06. The molecule has 1 aliphatic heterocycles. The van der Waals surface area contributed by atoms with E-state index in [-0.39, 0.29) is 30.8 Å². The molecule has 1 unspecified atom stereocenters. The lowest BCUT2D eigenvalue weighted by Crippen LogP contribution is -2.26. The van der Waals surface area contributed by atoms with Crippen molar-refractivity contribution in [2.45, 2.75) is 19.6 Å². The monoisotopic (exact) mass is 305 g/mol. The number of rotatable bonds is 5. The lowest BCUT2D eigenvalue weighted by Gasteiger charge is -2.14. The first-order valence-corrected chi connectivity index (χ1v) is 7.64. The van der Waals surface area contributed by atoms with E-state index in [0.717, 1.165) is 11.3 Å². The fourth-order valence-electron chi connectivity index (χ4n) is 2.32. The highest BCUT2D eigenvalue weighted by molar-refractivity contribution is 7.07. The molecule has 3 rings (SSSR count). The molecule has 0 saturated carbocycles. The molecular formula is C15H15NO4S. The maximum atomic E-state index is 12.0. The summed E-state index contributed by atoms with van der Waals surface area (Å²) in [7, 11) is 0. The topological polar surface area (TPSA) is 59.8 Å². The minimum Gasteiger partial charge on any atom is -0.467 e. The molecule has 0 aliphatic carbocycles. The Bertz CT molecular complexity index is 606. The summed E-state index contributed by atoms with van der Waals surface area (Å²) in [6.07, 6.45) is 1.78. The number of hydrogen-bond acceptors (Lipinski definition) is 5. The molecule has 110 valence electrons. The number of nitrogens with zero attached hydrogens (tertiary/aromatic N) is 1. The van der Waals surface area contributed by atoms with E-state index in [4.69, 9.17) is 9.15 Å². The van der Waals surface area contributed by atoms with E-state index in [9.17, 15) is 9.59 Å². The largest absolute Gasteiger partial charge is 0.467 e. The summed E-state index contributed by atoms with van der Waals surface area (Å²) in [5, 5.41) is 3.88. The summed E-state index contributed by atoms with van der Waals surface area (Å²) in [5.41, 5.74) is 0.977. The van der Waals surface area contributed by atoms with Crippen LogP contribution in [0.3, 0.4) is 0 Å². The van der Waals surface area contributed by atoms with Crippen molar-refractivity contribution in [3.63, 3.8) is 0 Å². The average Bonchev–Trinajstić information content (AvgIpc) is 3.20. The van der Waals surface area contributed by atoms with E-state index in [1.807, 2.05) is 22.9 Å². The van der Waals surface area contributed by atoms with Gasteiger partial charge in [0.15, 0.2) is 0 Å². The predicted octanol–water partition coefficient (Wildman–Crippen LogP) is 2.43. The zero-order chi connectivity index (χ0) is 14.7. The van der Waals surface area contributed by atoms with Crippen LogP contribution in [0.2, 0.25) is 0 Å². The number of furan rings is 1. The van der Waals surface area contributed by atoms with E-state index in [1.54, 1.807) is 28.6 Å². The van der Waals surface area contributed by atoms with Crippen molar-refractivity contribution in [2.75, 3.05) is 6.54 Å². The van der Waals surface area contributed by atoms with Gasteiger partial charge in [0, 0.05) is 18.5 Å². The number of ether oxygens (including phenoxy) is 1. The smallest absolute Gasteiger partial charge is 0.311 e. The van der Waals surface area contributed by atoms with E-state index >= 15 is 0 Å². The lowest BCUT2D eigenvalue weighted by atomic mass is 10.1. The molecule has 5 nitrogen and oxygen atoms in total. The van der Waals surface area contributed by atoms with E-state index < -0.39 is 0 Å². The van der Waals surface area contributed by atoms with Gasteiger partial charge in [0.25, 0.3) is 0 Å². The summed E-state index contributed by atoms with van der Waals surface area (Å²) < 4.78 is 10.5. The number of carbonyl (C=O) groups excluding carboxylic acids is 2. The van der Waals surface area contributed by atoms with Crippen molar-refractivity contribution in [1.82, 2.24) is 4.90 Å². The molecule has 21 heavy (non-hydrogen) atoms. The Hall–Kier alpha value is -2.08. The van der Waals surface area contributed by atoms with Gasteiger partial charge in [-0.25, -0.2) is 0 Å². The quantitative estimate of drug-likeness (QED) is 0.796. The zero-order valence-corrected chi connectivity index (χ0v) is 12.2. The maximum Gasteiger partial charge on any atom is 0.311 e. The van der Waals surface area contributed by atoms with Crippen molar-refractivity contribution in [1.29, 1.82) is 0 Å². The number of hydrogen-bond donors (Lipinski definition) is 0. The molecule has 1 amide bonds. The first-order valence-electron chi connectivity index (χ1n) is 6.70. The van der Waals surface area contributed by atoms with Crippen LogP contribution in [0.1, 0.15) is 17.7 Å². The van der Waals surface area contributed by atoms with Crippen LogP contribution in [-0.2, 0) is 27.5 Å². The number of thiophene rings is 1. The van der Waals surface area contributed by atoms with E-state index in [2.05, 4.69) is 0 Å². The molecule has 0 N–H and O–H groups in total. The predicted molar refractivity (Wildman–Crippen MR) is 76.3 cm³/mol. The molecule has 0 spiro atoms. The number of carbonyl (C=O) groups is 2. The first kappa shape index (κ1) is 13.9. The molecule has 0 radical (unpaired) electrons. The highest BCUT2D eigenvalue weighted by atomic mass is 32.1. The Balaban J connectivity index is 1.52. The maximum absolute atomic E-state index is 12.0. The second kappa shape index (κ2) is 6.13. The number of esters is 1. The first-order chi connectivity index (χ1) is 10.2. The van der Waals surface area contributed by atoms with Crippen LogP contribution >= 0.6 is 11.3 Å². The Morgan fingerprint density at radius 2 is 2.38 bits per heavy atom. The highest BCUT2D eigenvalue weighted by Gasteiger charge is 2.35. The molecule has 1 aliphatic rings. The summed E-state index contributed by atoms with van der Waals surface area (Å²) in [4.78, 5) is 25.6. The van der Waals surface area contributed by atoms with Gasteiger partial charge in [-0.05, 0) is 29.0 Å². The van der Waals surface area contributed by atoms with Crippen LogP contribution in [0.25, 0.3) is 0 Å². The van der Waals surface area contributed by atoms with Crippen LogP contribution < -0.4 is 0 Å². The highest BCUT2D eigenvalue weighted by Crippen LogP contribution is 2.22. The van der Waals surface area contributed by atoms with Crippen LogP contribution in [-0.4, -0.2) is 23.3 Å². The third kappa shape index (κ3) is 3.33. The van der Waals surface area contributed by atoms with Crippen molar-refractivity contribution in [3.05, 3.63) is 46.5 Å². The van der Waals surface area contributed by atoms with Crippen LogP contribution in [0.4, 0.5) is 0 Å². The van der Waals surface area contributed by atoms with Gasteiger partial charge in [0.05, 0.1) is 18.7 Å². The van der Waals surface area contributed by atoms with Gasteiger partial charge < -0.3 is 14.1 Å². The molecular weight excluding hydrogens is 290 g/mol. The molecule has 2 aromatic heterocycles. The molecule has 3 heterocycles. The van der Waals surface area contributed by atoms with Crippen molar-refractivity contribution < 1.29 is 18.7 Å². The fourth-order valence-corrected chi connectivity index (χ4v) is 2.97. The normalized spacial score (nSPS) is 18.2. The van der Waals surface area contributed by atoms with Crippen molar-refractivity contribution >= 4 is 23.2 Å². The average molecular weight is 305 g/mol. The summed E-state index contributed by atoms with van der Waals surface area (Å²) >= 11 is 1.56. The number of amides is 1. The molecule has 6 heteroatoms. The zero-order valence-electron chi connectivity index (χ0n) is 11.4. The Morgan fingerprint density at radius 1 is 1.48 bits per heavy atom. The van der Waals surface area contributed by atoms with Crippen LogP contribution in [0.5, 0.6) is 0 Å². The second-order valence-electron chi connectivity index (χ2n) is 4.99. The standard InChI is InChI=1S/C15H15NO4S/c17-14-6-12(7-16(14)8-13-2-1-4-19-13)15(18)20-9-11-3-5-21-10-11/h1-5,10,12H,6-9H2. The third-order valence-electron chi connectivity index (χ3n) is 3.44. The molecule has 1 saturated heterocycles. The van der Waals surface area contributed by atoms with Crippen molar-refractivity contribution in [2.24, 2.45) is 5.92 Å². The lowest BCUT2D eigenvalue weighted by molar-refractivity contribution is -0.149. The SMILES string of the molecule is O=C(OCc1ccsc1)C1CC(=O)N(Cc2ccco2)C1. The minimum absolute atomic E-state index is 0.0381. The molecule has 0 bridgehead atoms. The molecule has 1 atom stereocenters. The van der Waals surface area contributed by atoms with Crippen LogP contribution in [0, 0.1) is 5.92 Å². The molecule has 0 aromatic carbocycles.